The Bertz CT molecular complexity index is 898. The molecular weight excluding hydrogens is 366 g/mol. The van der Waals surface area contributed by atoms with Crippen LogP contribution in [0.3, 0.4) is 0 Å². The molecule has 7 heteroatoms. The van der Waals surface area contributed by atoms with Crippen LogP contribution in [0.15, 0.2) is 59.1 Å². The molecule has 27 heavy (non-hydrogen) atoms. The first-order chi connectivity index (χ1) is 13.0. The molecule has 2 aromatic carbocycles. The van der Waals surface area contributed by atoms with Crippen LogP contribution in [0.5, 0.6) is 5.75 Å². The van der Waals surface area contributed by atoms with E-state index in [1.807, 2.05) is 48.5 Å². The summed E-state index contributed by atoms with van der Waals surface area (Å²) in [6.45, 7) is 2.18. The van der Waals surface area contributed by atoms with Gasteiger partial charge in [-0.1, -0.05) is 47.1 Å². The number of hydrogen-bond acceptors (Lipinski definition) is 5. The van der Waals surface area contributed by atoms with Gasteiger partial charge < -0.3 is 14.2 Å². The van der Waals surface area contributed by atoms with Crippen molar-refractivity contribution in [1.29, 1.82) is 0 Å². The second-order valence-corrected chi connectivity index (χ2v) is 6.49. The molecule has 1 amide bonds. The molecule has 0 aliphatic heterocycles. The van der Waals surface area contributed by atoms with Gasteiger partial charge in [-0.3, -0.25) is 4.79 Å². The number of carbonyl (C=O) groups excluding carboxylic acids is 1. The highest BCUT2D eigenvalue weighted by Gasteiger charge is 2.20. The zero-order valence-corrected chi connectivity index (χ0v) is 15.9. The highest BCUT2D eigenvalue weighted by atomic mass is 35.5. The number of hydrogen-bond donors (Lipinski definition) is 0. The van der Waals surface area contributed by atoms with Gasteiger partial charge in [-0.05, 0) is 31.2 Å². The number of ether oxygens (including phenoxy) is 1. The zero-order valence-electron chi connectivity index (χ0n) is 15.1. The molecule has 0 bridgehead atoms. The van der Waals surface area contributed by atoms with Crippen LogP contribution in [0.25, 0.3) is 11.5 Å². The molecule has 0 N–H and O–H groups in total. The number of para-hydroxylation sites is 1. The summed E-state index contributed by atoms with van der Waals surface area (Å²) < 4.78 is 10.9. The lowest BCUT2D eigenvalue weighted by Gasteiger charge is -2.21. The molecule has 0 saturated heterocycles. The summed E-state index contributed by atoms with van der Waals surface area (Å²) in [5.74, 6) is 1.43. The summed E-state index contributed by atoms with van der Waals surface area (Å²) in [6.07, 6.45) is -0.116. The standard InChI is InChI=1S/C20H20ClN3O3/c1-14(26-15-8-4-3-5-9-15)20(25)24(2)13-12-18-22-19(27-23-18)16-10-6-7-11-17(16)21/h3-11,14H,12-13H2,1-2H3/t14-/m1/s1. The molecule has 0 saturated carbocycles. The summed E-state index contributed by atoms with van der Waals surface area (Å²) >= 11 is 6.14. The van der Waals surface area contributed by atoms with Crippen LogP contribution < -0.4 is 4.74 Å². The molecule has 1 atom stereocenters. The number of benzene rings is 2. The first kappa shape index (κ1) is 18.9. The van der Waals surface area contributed by atoms with Crippen LogP contribution in [0.4, 0.5) is 0 Å². The monoisotopic (exact) mass is 385 g/mol. The minimum Gasteiger partial charge on any atom is -0.481 e. The SMILES string of the molecule is C[C@@H](Oc1ccccc1)C(=O)N(C)CCc1noc(-c2ccccc2Cl)n1. The summed E-state index contributed by atoms with van der Waals surface area (Å²) in [6, 6.07) is 16.5. The first-order valence-electron chi connectivity index (χ1n) is 8.59. The van der Waals surface area contributed by atoms with Gasteiger partial charge >= 0.3 is 0 Å². The van der Waals surface area contributed by atoms with Gasteiger partial charge in [0.05, 0.1) is 10.6 Å². The fraction of sp³-hybridized carbons (Fsp3) is 0.250. The summed E-state index contributed by atoms with van der Waals surface area (Å²) in [7, 11) is 1.72. The van der Waals surface area contributed by atoms with Crippen molar-refractivity contribution in [3.8, 4) is 17.2 Å². The number of amides is 1. The molecule has 1 aromatic heterocycles. The van der Waals surface area contributed by atoms with E-state index in [9.17, 15) is 4.79 Å². The lowest BCUT2D eigenvalue weighted by molar-refractivity contribution is -0.136. The van der Waals surface area contributed by atoms with Gasteiger partial charge in [0.2, 0.25) is 0 Å². The molecule has 1 heterocycles. The van der Waals surface area contributed by atoms with Gasteiger partial charge in [0.1, 0.15) is 5.75 Å². The Hall–Kier alpha value is -2.86. The van der Waals surface area contributed by atoms with Gasteiger partial charge in [0.25, 0.3) is 11.8 Å². The number of likely N-dealkylation sites (N-methyl/N-ethyl adjacent to an activating group) is 1. The van der Waals surface area contributed by atoms with Crippen molar-refractivity contribution < 1.29 is 14.1 Å². The minimum absolute atomic E-state index is 0.117. The van der Waals surface area contributed by atoms with E-state index in [1.54, 1.807) is 24.9 Å². The van der Waals surface area contributed by atoms with Crippen molar-refractivity contribution in [2.24, 2.45) is 0 Å². The average molecular weight is 386 g/mol. The third kappa shape index (κ3) is 4.86. The van der Waals surface area contributed by atoms with Gasteiger partial charge in [-0.25, -0.2) is 0 Å². The Morgan fingerprint density at radius 3 is 2.63 bits per heavy atom. The van der Waals surface area contributed by atoms with E-state index in [0.717, 1.165) is 0 Å². The average Bonchev–Trinajstić information content (AvgIpc) is 3.15. The third-order valence-corrected chi connectivity index (χ3v) is 4.35. The molecular formula is C20H20ClN3O3. The number of carbonyl (C=O) groups is 1. The highest BCUT2D eigenvalue weighted by Crippen LogP contribution is 2.25. The Morgan fingerprint density at radius 2 is 1.89 bits per heavy atom. The van der Waals surface area contributed by atoms with Gasteiger partial charge in [0.15, 0.2) is 11.9 Å². The van der Waals surface area contributed by atoms with E-state index < -0.39 is 6.10 Å². The van der Waals surface area contributed by atoms with Crippen molar-refractivity contribution in [2.45, 2.75) is 19.4 Å². The van der Waals surface area contributed by atoms with E-state index in [0.29, 0.717) is 41.0 Å². The largest absolute Gasteiger partial charge is 0.481 e. The number of rotatable bonds is 7. The smallest absolute Gasteiger partial charge is 0.263 e. The predicted molar refractivity (Wildman–Crippen MR) is 103 cm³/mol. The van der Waals surface area contributed by atoms with E-state index >= 15 is 0 Å². The number of halogens is 1. The highest BCUT2D eigenvalue weighted by molar-refractivity contribution is 6.33. The molecule has 140 valence electrons. The maximum atomic E-state index is 12.5. The van der Waals surface area contributed by atoms with Crippen molar-refractivity contribution >= 4 is 17.5 Å². The third-order valence-electron chi connectivity index (χ3n) is 4.02. The van der Waals surface area contributed by atoms with E-state index in [-0.39, 0.29) is 5.91 Å². The molecule has 0 spiro atoms. The zero-order chi connectivity index (χ0) is 19.2. The molecule has 6 nitrogen and oxygen atoms in total. The number of nitrogens with zero attached hydrogens (tertiary/aromatic N) is 3. The topological polar surface area (TPSA) is 68.5 Å². The lowest BCUT2D eigenvalue weighted by atomic mass is 10.2. The van der Waals surface area contributed by atoms with Crippen molar-refractivity contribution in [3.63, 3.8) is 0 Å². The summed E-state index contributed by atoms with van der Waals surface area (Å²) in [5, 5.41) is 4.51. The normalized spacial score (nSPS) is 11.8. The maximum Gasteiger partial charge on any atom is 0.263 e. The molecule has 3 rings (SSSR count). The lowest BCUT2D eigenvalue weighted by Crippen LogP contribution is -2.39. The molecule has 0 fully saturated rings. The predicted octanol–water partition coefficient (Wildman–Crippen LogP) is 3.86. The second kappa shape index (κ2) is 8.68. The van der Waals surface area contributed by atoms with Gasteiger partial charge in [-0.2, -0.15) is 4.98 Å². The maximum absolute atomic E-state index is 12.5. The van der Waals surface area contributed by atoms with Gasteiger partial charge in [-0.15, -0.1) is 0 Å². The van der Waals surface area contributed by atoms with E-state index in [2.05, 4.69) is 10.1 Å². The Morgan fingerprint density at radius 1 is 1.19 bits per heavy atom. The summed E-state index contributed by atoms with van der Waals surface area (Å²) in [5.41, 5.74) is 0.687. The fourth-order valence-corrected chi connectivity index (χ4v) is 2.76. The van der Waals surface area contributed by atoms with Crippen LogP contribution in [0.1, 0.15) is 12.7 Å². The van der Waals surface area contributed by atoms with Crippen molar-refractivity contribution in [3.05, 3.63) is 65.4 Å². The van der Waals surface area contributed by atoms with Gasteiger partial charge in [0, 0.05) is 20.0 Å². The van der Waals surface area contributed by atoms with Crippen molar-refractivity contribution in [2.75, 3.05) is 13.6 Å². The second-order valence-electron chi connectivity index (χ2n) is 6.08. The van der Waals surface area contributed by atoms with Crippen LogP contribution in [0.2, 0.25) is 5.02 Å². The minimum atomic E-state index is -0.582. The Labute approximate surface area is 162 Å². The van der Waals surface area contributed by atoms with Crippen LogP contribution in [-0.2, 0) is 11.2 Å². The molecule has 0 aliphatic carbocycles. The van der Waals surface area contributed by atoms with Crippen molar-refractivity contribution in [1.82, 2.24) is 15.0 Å². The van der Waals surface area contributed by atoms with E-state index in [4.69, 9.17) is 20.9 Å². The quantitative estimate of drug-likeness (QED) is 0.617. The molecule has 0 radical (unpaired) electrons. The molecule has 3 aromatic rings. The van der Waals surface area contributed by atoms with Crippen LogP contribution >= 0.6 is 11.6 Å². The molecule has 0 aliphatic rings. The first-order valence-corrected chi connectivity index (χ1v) is 8.96. The summed E-state index contributed by atoms with van der Waals surface area (Å²) in [4.78, 5) is 18.4. The fourth-order valence-electron chi connectivity index (χ4n) is 2.54. The number of aromatic nitrogens is 2. The molecule has 0 unspecified atom stereocenters. The van der Waals surface area contributed by atoms with Crippen LogP contribution in [0, 0.1) is 0 Å². The van der Waals surface area contributed by atoms with E-state index in [1.165, 1.54) is 0 Å². The Balaban J connectivity index is 1.55. The van der Waals surface area contributed by atoms with Crippen LogP contribution in [-0.4, -0.2) is 40.6 Å². The Kier molecular flexibility index (Phi) is 6.08.